The Bertz CT molecular complexity index is 1420. The highest BCUT2D eigenvalue weighted by molar-refractivity contribution is 6.30. The first-order chi connectivity index (χ1) is 21.8. The van der Waals surface area contributed by atoms with Gasteiger partial charge >= 0.3 is 6.09 Å². The highest BCUT2D eigenvalue weighted by Crippen LogP contribution is 2.25. The van der Waals surface area contributed by atoms with Crippen LogP contribution in [0.4, 0.5) is 4.79 Å². The van der Waals surface area contributed by atoms with Crippen molar-refractivity contribution in [3.63, 3.8) is 0 Å². The lowest BCUT2D eigenvalue weighted by atomic mass is 9.88. The van der Waals surface area contributed by atoms with Crippen LogP contribution >= 0.6 is 11.6 Å². The third-order valence-corrected chi connectivity index (χ3v) is 8.36. The van der Waals surface area contributed by atoms with Gasteiger partial charge in [0.25, 0.3) is 0 Å². The number of carbonyl (C=O) groups is 3. The van der Waals surface area contributed by atoms with Crippen LogP contribution in [0.1, 0.15) is 58.2 Å². The minimum Gasteiger partial charge on any atom is -0.444 e. The fourth-order valence-electron chi connectivity index (χ4n) is 5.54. The Labute approximate surface area is 276 Å². The van der Waals surface area contributed by atoms with Crippen LogP contribution < -0.4 is 10.6 Å². The summed E-state index contributed by atoms with van der Waals surface area (Å²) in [5, 5.41) is 18.0. The number of amides is 3. The normalized spacial score (nSPS) is 16.2. The predicted molar refractivity (Wildman–Crippen MR) is 177 cm³/mol. The summed E-state index contributed by atoms with van der Waals surface area (Å²) in [5.41, 5.74) is 1.04. The van der Waals surface area contributed by atoms with E-state index in [1.807, 2.05) is 67.1 Å². The first-order valence-corrected chi connectivity index (χ1v) is 16.2. The van der Waals surface area contributed by atoms with Gasteiger partial charge < -0.3 is 29.9 Å². The molecule has 4 rings (SSSR count). The Morgan fingerprint density at radius 1 is 1.00 bits per heavy atom. The molecule has 2 heterocycles. The molecule has 0 spiro atoms. The van der Waals surface area contributed by atoms with E-state index >= 15 is 0 Å². The van der Waals surface area contributed by atoms with Gasteiger partial charge in [0.05, 0.1) is 24.5 Å². The van der Waals surface area contributed by atoms with Crippen molar-refractivity contribution >= 4 is 29.5 Å². The number of halogens is 1. The van der Waals surface area contributed by atoms with Gasteiger partial charge in [-0.05, 0) is 69.2 Å². The van der Waals surface area contributed by atoms with E-state index in [1.54, 1.807) is 50.3 Å². The number of hydrogen-bond acceptors (Lipinski definition) is 6. The number of nitrogens with zero attached hydrogens (tertiary/aromatic N) is 3. The third-order valence-electron chi connectivity index (χ3n) is 8.11. The number of rotatable bonds is 13. The van der Waals surface area contributed by atoms with E-state index in [2.05, 4.69) is 15.6 Å². The number of benzene rings is 2. The highest BCUT2D eigenvalue weighted by Gasteiger charge is 2.38. The molecule has 0 aliphatic carbocycles. The Hall–Kier alpha value is -3.89. The van der Waals surface area contributed by atoms with E-state index in [0.29, 0.717) is 31.0 Å². The number of alkyl carbamates (subject to hydrolysis) is 1. The number of nitrogens with one attached hydrogen (secondary N) is 2. The monoisotopic (exact) mass is 651 g/mol. The van der Waals surface area contributed by atoms with Crippen molar-refractivity contribution in [1.29, 1.82) is 0 Å². The number of aromatic nitrogens is 2. The highest BCUT2D eigenvalue weighted by atomic mass is 35.5. The zero-order valence-electron chi connectivity index (χ0n) is 27.2. The predicted octanol–water partition coefficient (Wildman–Crippen LogP) is 4.81. The third kappa shape index (κ3) is 10.1. The van der Waals surface area contributed by atoms with Crippen LogP contribution in [0.5, 0.6) is 0 Å². The van der Waals surface area contributed by atoms with E-state index in [9.17, 15) is 19.5 Å². The van der Waals surface area contributed by atoms with Gasteiger partial charge in [0, 0.05) is 36.4 Å². The minimum absolute atomic E-state index is 0.0349. The van der Waals surface area contributed by atoms with Gasteiger partial charge in [-0.25, -0.2) is 9.78 Å². The van der Waals surface area contributed by atoms with Gasteiger partial charge in [-0.1, -0.05) is 67.9 Å². The fourth-order valence-corrected chi connectivity index (χ4v) is 5.67. The molecule has 1 aromatic heterocycles. The van der Waals surface area contributed by atoms with Crippen LogP contribution in [-0.4, -0.2) is 74.3 Å². The number of aliphatic hydroxyl groups excluding tert-OH is 1. The molecule has 1 aliphatic rings. The Kier molecular flexibility index (Phi) is 11.9. The smallest absolute Gasteiger partial charge is 0.407 e. The molecule has 4 atom stereocenters. The van der Waals surface area contributed by atoms with Crippen molar-refractivity contribution in [2.24, 2.45) is 11.8 Å². The summed E-state index contributed by atoms with van der Waals surface area (Å²) in [6.07, 6.45) is 4.24. The van der Waals surface area contributed by atoms with E-state index < -0.39 is 35.8 Å². The lowest BCUT2D eigenvalue weighted by molar-refractivity contribution is -0.143. The average Bonchev–Trinajstić information content (AvgIpc) is 3.49. The van der Waals surface area contributed by atoms with Crippen LogP contribution in [0, 0.1) is 11.8 Å². The molecule has 0 saturated carbocycles. The Balaban J connectivity index is 1.51. The molecule has 46 heavy (non-hydrogen) atoms. The van der Waals surface area contributed by atoms with E-state index in [0.717, 1.165) is 11.1 Å². The van der Waals surface area contributed by atoms with Gasteiger partial charge in [0.15, 0.2) is 0 Å². The first-order valence-electron chi connectivity index (χ1n) is 15.8. The van der Waals surface area contributed by atoms with Crippen molar-refractivity contribution in [3.05, 3.63) is 89.5 Å². The molecule has 1 fully saturated rings. The second-order valence-electron chi connectivity index (χ2n) is 13.4. The summed E-state index contributed by atoms with van der Waals surface area (Å²) < 4.78 is 7.47. The zero-order valence-corrected chi connectivity index (χ0v) is 28.0. The zero-order chi connectivity index (χ0) is 33.4. The van der Waals surface area contributed by atoms with Crippen LogP contribution in [0.3, 0.4) is 0 Å². The molecule has 11 heteroatoms. The van der Waals surface area contributed by atoms with Gasteiger partial charge in [0.1, 0.15) is 11.6 Å². The SMILES string of the molecule is CC(C)[C@H](NC(=O)[C@@H](Cc1ccc(Cl)cc1)C[C@H](O)[C@@H](Cc1ccccc1)NC(=O)OC(C)(C)C)C(=O)N1CC(n2ccnc2)C1. The molecule has 2 aromatic carbocycles. The molecule has 0 unspecified atom stereocenters. The molecule has 1 saturated heterocycles. The topological polar surface area (TPSA) is 126 Å². The summed E-state index contributed by atoms with van der Waals surface area (Å²) in [6.45, 7) is 10.2. The van der Waals surface area contributed by atoms with Crippen LogP contribution in [0.25, 0.3) is 0 Å². The van der Waals surface area contributed by atoms with Crippen LogP contribution in [0.15, 0.2) is 73.3 Å². The van der Waals surface area contributed by atoms with Crippen LogP contribution in [-0.2, 0) is 27.2 Å². The van der Waals surface area contributed by atoms with E-state index in [4.69, 9.17) is 16.3 Å². The minimum atomic E-state index is -1.10. The molecule has 3 aromatic rings. The quantitative estimate of drug-likeness (QED) is 0.244. The summed E-state index contributed by atoms with van der Waals surface area (Å²) in [6, 6.07) is 15.4. The number of carbonyl (C=O) groups excluding carboxylic acids is 3. The molecule has 0 radical (unpaired) electrons. The Morgan fingerprint density at radius 3 is 2.24 bits per heavy atom. The number of likely N-dealkylation sites (tertiary alicyclic amines) is 1. The largest absolute Gasteiger partial charge is 0.444 e. The lowest BCUT2D eigenvalue weighted by Crippen LogP contribution is -2.59. The summed E-state index contributed by atoms with van der Waals surface area (Å²) in [5.74, 6) is -1.36. The second-order valence-corrected chi connectivity index (χ2v) is 13.8. The van der Waals surface area contributed by atoms with Gasteiger partial charge in [-0.2, -0.15) is 0 Å². The molecular formula is C35H46ClN5O5. The van der Waals surface area contributed by atoms with Crippen molar-refractivity contribution in [1.82, 2.24) is 25.1 Å². The lowest BCUT2D eigenvalue weighted by Gasteiger charge is -2.42. The van der Waals surface area contributed by atoms with Gasteiger partial charge in [0.2, 0.25) is 11.8 Å². The standard InChI is InChI=1S/C35H46ClN5O5/c1-23(2)31(33(44)41-20-28(21-41)40-16-15-37-22-40)39-32(43)26(17-25-11-13-27(36)14-12-25)19-30(42)29(18-24-9-7-6-8-10-24)38-34(45)46-35(3,4)5/h6-16,22-23,26,28-31,42H,17-21H2,1-5H3,(H,38,45)(H,39,43)/t26-,29+,30-,31-/m0/s1. The molecular weight excluding hydrogens is 606 g/mol. The molecule has 1 aliphatic heterocycles. The molecule has 3 amide bonds. The molecule has 3 N–H and O–H groups in total. The van der Waals surface area contributed by atoms with Crippen LogP contribution in [0.2, 0.25) is 5.02 Å². The maximum atomic E-state index is 14.0. The molecule has 248 valence electrons. The summed E-state index contributed by atoms with van der Waals surface area (Å²) in [7, 11) is 0. The maximum absolute atomic E-state index is 14.0. The van der Waals surface area contributed by atoms with Crippen molar-refractivity contribution in [2.75, 3.05) is 13.1 Å². The fraction of sp³-hybridized carbons (Fsp3) is 0.486. The van der Waals surface area contributed by atoms with Crippen molar-refractivity contribution in [2.45, 2.75) is 83.7 Å². The van der Waals surface area contributed by atoms with Crippen molar-refractivity contribution in [3.8, 4) is 0 Å². The first kappa shape index (κ1) is 35.0. The summed E-state index contributed by atoms with van der Waals surface area (Å²) >= 11 is 6.12. The van der Waals surface area contributed by atoms with Crippen molar-refractivity contribution < 1.29 is 24.2 Å². The number of imidazole rings is 1. The number of hydrogen-bond donors (Lipinski definition) is 3. The van der Waals surface area contributed by atoms with Gasteiger partial charge in [-0.15, -0.1) is 0 Å². The maximum Gasteiger partial charge on any atom is 0.407 e. The average molecular weight is 652 g/mol. The number of aliphatic hydroxyl groups is 1. The molecule has 10 nitrogen and oxygen atoms in total. The Morgan fingerprint density at radius 2 is 1.65 bits per heavy atom. The molecule has 0 bridgehead atoms. The van der Waals surface area contributed by atoms with Gasteiger partial charge in [-0.3, -0.25) is 9.59 Å². The van der Waals surface area contributed by atoms with E-state index in [-0.39, 0.29) is 30.2 Å². The summed E-state index contributed by atoms with van der Waals surface area (Å²) in [4.78, 5) is 46.2. The second kappa shape index (κ2) is 15.6. The number of ether oxygens (including phenoxy) is 1. The van der Waals surface area contributed by atoms with E-state index in [1.165, 1.54) is 0 Å².